The second kappa shape index (κ2) is 5.96. The van der Waals surface area contributed by atoms with Crippen molar-refractivity contribution in [2.75, 3.05) is 25.0 Å². The summed E-state index contributed by atoms with van der Waals surface area (Å²) in [5.74, 6) is 0.418. The first-order valence-electron chi connectivity index (χ1n) is 6.52. The lowest BCUT2D eigenvalue weighted by Gasteiger charge is -2.27. The zero-order valence-corrected chi connectivity index (χ0v) is 10.7. The van der Waals surface area contributed by atoms with Crippen molar-refractivity contribution in [3.05, 3.63) is 30.1 Å². The van der Waals surface area contributed by atoms with Gasteiger partial charge < -0.3 is 10.2 Å². The number of piperidine rings is 1. The molecule has 0 bridgehead atoms. The van der Waals surface area contributed by atoms with Gasteiger partial charge in [0.15, 0.2) is 6.54 Å². The van der Waals surface area contributed by atoms with E-state index in [1.54, 1.807) is 12.1 Å². The second-order valence-electron chi connectivity index (χ2n) is 5.18. The Balaban J connectivity index is 1.83. The van der Waals surface area contributed by atoms with Gasteiger partial charge in [0.25, 0.3) is 5.91 Å². The van der Waals surface area contributed by atoms with Crippen LogP contribution in [0.5, 0.6) is 0 Å². The number of likely N-dealkylation sites (tertiary alicyclic amines) is 1. The predicted molar refractivity (Wildman–Crippen MR) is 69.0 cm³/mol. The Bertz CT molecular complexity index is 405. The fourth-order valence-corrected chi connectivity index (χ4v) is 2.52. The minimum absolute atomic E-state index is 0.00529. The molecule has 0 saturated carbocycles. The molecular formula is C14H20FN2O+. The van der Waals surface area contributed by atoms with Gasteiger partial charge in [-0.3, -0.25) is 4.79 Å². The predicted octanol–water partition coefficient (Wildman–Crippen LogP) is 1.08. The molecule has 1 saturated heterocycles. The lowest BCUT2D eigenvalue weighted by molar-refractivity contribution is -0.900. The second-order valence-corrected chi connectivity index (χ2v) is 5.18. The Morgan fingerprint density at radius 1 is 1.44 bits per heavy atom. The summed E-state index contributed by atoms with van der Waals surface area (Å²) < 4.78 is 12.7. The number of quaternary nitrogens is 1. The zero-order valence-electron chi connectivity index (χ0n) is 10.7. The Labute approximate surface area is 107 Å². The molecule has 3 nitrogen and oxygen atoms in total. The van der Waals surface area contributed by atoms with Crippen LogP contribution in [0.1, 0.15) is 19.8 Å². The first-order valence-corrected chi connectivity index (χ1v) is 6.52. The fraction of sp³-hybridized carbons (Fsp3) is 0.500. The fourth-order valence-electron chi connectivity index (χ4n) is 2.52. The molecule has 0 aromatic heterocycles. The van der Waals surface area contributed by atoms with E-state index in [0.29, 0.717) is 18.2 Å². The van der Waals surface area contributed by atoms with Gasteiger partial charge >= 0.3 is 0 Å². The summed E-state index contributed by atoms with van der Waals surface area (Å²) in [4.78, 5) is 13.2. The molecule has 1 amide bonds. The van der Waals surface area contributed by atoms with E-state index in [1.165, 1.54) is 29.9 Å². The van der Waals surface area contributed by atoms with Crippen LogP contribution in [-0.2, 0) is 4.79 Å². The van der Waals surface area contributed by atoms with Crippen molar-refractivity contribution >= 4 is 11.6 Å². The van der Waals surface area contributed by atoms with Crippen molar-refractivity contribution in [3.8, 4) is 0 Å². The number of amides is 1. The molecule has 98 valence electrons. The van der Waals surface area contributed by atoms with Crippen molar-refractivity contribution in [2.45, 2.75) is 19.8 Å². The van der Waals surface area contributed by atoms with E-state index >= 15 is 0 Å². The van der Waals surface area contributed by atoms with Crippen LogP contribution in [0.3, 0.4) is 0 Å². The molecule has 0 spiro atoms. The van der Waals surface area contributed by atoms with Crippen LogP contribution in [0.15, 0.2) is 24.3 Å². The lowest BCUT2D eigenvalue weighted by Crippen LogP contribution is -3.14. The van der Waals surface area contributed by atoms with Gasteiger partial charge in [-0.15, -0.1) is 0 Å². The van der Waals surface area contributed by atoms with Crippen molar-refractivity contribution < 1.29 is 14.1 Å². The third-order valence-corrected chi connectivity index (χ3v) is 3.40. The standard InChI is InChI=1S/C14H19FN2O/c1-11-3-2-8-17(9-11)10-14(18)16-13-6-4-12(15)5-7-13/h4-7,11H,2-3,8-10H2,1H3,(H,16,18)/p+1/t11-/m1/s1. The van der Waals surface area contributed by atoms with Gasteiger partial charge in [-0.05, 0) is 37.1 Å². The molecule has 1 aliphatic rings. The summed E-state index contributed by atoms with van der Waals surface area (Å²) in [6.07, 6.45) is 2.46. The molecule has 1 aliphatic heterocycles. The Kier molecular flexibility index (Phi) is 4.31. The van der Waals surface area contributed by atoms with Gasteiger partial charge in [0.1, 0.15) is 5.82 Å². The summed E-state index contributed by atoms with van der Waals surface area (Å²) in [5, 5.41) is 2.80. The number of rotatable bonds is 3. The molecule has 0 aliphatic carbocycles. The number of hydrogen-bond acceptors (Lipinski definition) is 1. The van der Waals surface area contributed by atoms with E-state index in [-0.39, 0.29) is 11.7 Å². The number of anilines is 1. The highest BCUT2D eigenvalue weighted by atomic mass is 19.1. The highest BCUT2D eigenvalue weighted by Crippen LogP contribution is 2.08. The Morgan fingerprint density at radius 3 is 2.83 bits per heavy atom. The number of hydrogen-bond donors (Lipinski definition) is 2. The highest BCUT2D eigenvalue weighted by Gasteiger charge is 2.21. The van der Waals surface area contributed by atoms with E-state index in [0.717, 1.165) is 13.1 Å². The maximum absolute atomic E-state index is 12.7. The number of carbonyl (C=O) groups is 1. The molecule has 1 aromatic carbocycles. The van der Waals surface area contributed by atoms with E-state index in [2.05, 4.69) is 12.2 Å². The average molecular weight is 251 g/mol. The van der Waals surface area contributed by atoms with E-state index < -0.39 is 0 Å². The van der Waals surface area contributed by atoms with Crippen molar-refractivity contribution in [2.24, 2.45) is 5.92 Å². The van der Waals surface area contributed by atoms with Gasteiger partial charge in [0.05, 0.1) is 13.1 Å². The van der Waals surface area contributed by atoms with Crippen LogP contribution in [0, 0.1) is 11.7 Å². The van der Waals surface area contributed by atoms with Gasteiger partial charge in [-0.2, -0.15) is 0 Å². The smallest absolute Gasteiger partial charge is 0.279 e. The quantitative estimate of drug-likeness (QED) is 0.828. The van der Waals surface area contributed by atoms with Crippen LogP contribution in [0.2, 0.25) is 0 Å². The Morgan fingerprint density at radius 2 is 2.17 bits per heavy atom. The number of nitrogens with one attached hydrogen (secondary N) is 2. The van der Waals surface area contributed by atoms with Crippen molar-refractivity contribution in [1.82, 2.24) is 0 Å². The summed E-state index contributed by atoms with van der Waals surface area (Å²) >= 11 is 0. The van der Waals surface area contributed by atoms with Gasteiger partial charge in [-0.1, -0.05) is 6.92 Å². The molecule has 2 atom stereocenters. The van der Waals surface area contributed by atoms with Crippen LogP contribution in [-0.4, -0.2) is 25.5 Å². The van der Waals surface area contributed by atoms with Crippen LogP contribution >= 0.6 is 0 Å². The SMILES string of the molecule is C[C@@H]1CCC[NH+](CC(=O)Nc2ccc(F)cc2)C1. The van der Waals surface area contributed by atoms with Crippen LogP contribution in [0.4, 0.5) is 10.1 Å². The topological polar surface area (TPSA) is 33.5 Å². The van der Waals surface area contributed by atoms with Gasteiger partial charge in [0, 0.05) is 11.6 Å². The first-order chi connectivity index (χ1) is 8.63. The zero-order chi connectivity index (χ0) is 13.0. The molecule has 0 radical (unpaired) electrons. The third kappa shape index (κ3) is 3.81. The van der Waals surface area contributed by atoms with Crippen molar-refractivity contribution in [1.29, 1.82) is 0 Å². The molecule has 4 heteroatoms. The van der Waals surface area contributed by atoms with E-state index in [4.69, 9.17) is 0 Å². The summed E-state index contributed by atoms with van der Waals surface area (Å²) in [6, 6.07) is 5.87. The molecule has 1 heterocycles. The first kappa shape index (κ1) is 13.0. The maximum Gasteiger partial charge on any atom is 0.279 e. The molecule has 2 N–H and O–H groups in total. The molecule has 18 heavy (non-hydrogen) atoms. The molecule has 1 unspecified atom stereocenters. The molecular weight excluding hydrogens is 231 g/mol. The number of carbonyl (C=O) groups excluding carboxylic acids is 1. The average Bonchev–Trinajstić information content (AvgIpc) is 2.32. The third-order valence-electron chi connectivity index (χ3n) is 3.40. The summed E-state index contributed by atoms with van der Waals surface area (Å²) in [7, 11) is 0. The normalized spacial score (nSPS) is 23.7. The molecule has 1 fully saturated rings. The summed E-state index contributed by atoms with van der Waals surface area (Å²) in [6.45, 7) is 4.87. The molecule has 1 aromatic rings. The van der Waals surface area contributed by atoms with E-state index in [9.17, 15) is 9.18 Å². The number of halogens is 1. The number of benzene rings is 1. The minimum Gasteiger partial charge on any atom is -0.327 e. The Hall–Kier alpha value is -1.42. The van der Waals surface area contributed by atoms with Crippen molar-refractivity contribution in [3.63, 3.8) is 0 Å². The maximum atomic E-state index is 12.7. The molecule has 2 rings (SSSR count). The highest BCUT2D eigenvalue weighted by molar-refractivity contribution is 5.91. The van der Waals surface area contributed by atoms with Gasteiger partial charge in [0.2, 0.25) is 0 Å². The summed E-state index contributed by atoms with van der Waals surface area (Å²) in [5.41, 5.74) is 0.658. The van der Waals surface area contributed by atoms with Gasteiger partial charge in [-0.25, -0.2) is 4.39 Å². The minimum atomic E-state index is -0.288. The van der Waals surface area contributed by atoms with E-state index in [1.807, 2.05) is 0 Å². The van der Waals surface area contributed by atoms with Crippen LogP contribution in [0.25, 0.3) is 0 Å². The lowest BCUT2D eigenvalue weighted by atomic mass is 10.0. The monoisotopic (exact) mass is 251 g/mol. The van der Waals surface area contributed by atoms with Crippen LogP contribution < -0.4 is 10.2 Å². The largest absolute Gasteiger partial charge is 0.327 e.